The molecule has 11 rings (SSSR count). The van der Waals surface area contributed by atoms with Crippen molar-refractivity contribution < 1.29 is 4.42 Å². The zero-order chi connectivity index (χ0) is 40.2. The van der Waals surface area contributed by atoms with Crippen LogP contribution in [-0.2, 0) is 6.42 Å². The average molecular weight is 767 g/mol. The second-order valence-electron chi connectivity index (χ2n) is 15.7. The molecule has 282 valence electrons. The third-order valence-corrected chi connectivity index (χ3v) is 12.0. The van der Waals surface area contributed by atoms with Crippen LogP contribution in [0.4, 0.5) is 0 Å². The molecule has 0 saturated carbocycles. The van der Waals surface area contributed by atoms with E-state index in [1.165, 1.54) is 38.9 Å². The first kappa shape index (κ1) is 35.2. The summed E-state index contributed by atoms with van der Waals surface area (Å²) in [5.41, 5.74) is 18.8. The van der Waals surface area contributed by atoms with E-state index in [1.54, 1.807) is 0 Å². The number of benzene rings is 9. The molecular weight excluding hydrogens is 729 g/mol. The minimum absolute atomic E-state index is 0.629. The highest BCUT2D eigenvalue weighted by Gasteiger charge is 2.18. The largest absolute Gasteiger partial charge is 0.455 e. The first-order valence-corrected chi connectivity index (χ1v) is 20.4. The first-order chi connectivity index (χ1) is 29.6. The highest BCUT2D eigenvalue weighted by atomic mass is 16.3. The molecule has 0 bridgehead atoms. The zero-order valence-corrected chi connectivity index (χ0v) is 33.1. The number of nitrogens with zero attached hydrogens (tertiary/aromatic N) is 2. The Balaban J connectivity index is 1.00. The Labute approximate surface area is 348 Å². The fourth-order valence-corrected chi connectivity index (χ4v) is 9.04. The molecule has 60 heavy (non-hydrogen) atoms. The number of rotatable bonds is 7. The molecule has 0 aliphatic heterocycles. The van der Waals surface area contributed by atoms with Crippen molar-refractivity contribution in [1.82, 2.24) is 4.57 Å². The van der Waals surface area contributed by atoms with Crippen LogP contribution in [0.5, 0.6) is 0 Å². The summed E-state index contributed by atoms with van der Waals surface area (Å²) in [6.45, 7) is 2.21. The van der Waals surface area contributed by atoms with Crippen molar-refractivity contribution in [3.63, 3.8) is 0 Å². The van der Waals surface area contributed by atoms with Crippen LogP contribution in [0.3, 0.4) is 0 Å². The number of para-hydroxylation sites is 2. The maximum absolute atomic E-state index is 9.81. The van der Waals surface area contributed by atoms with Gasteiger partial charge in [-0.3, -0.25) is 0 Å². The fourth-order valence-electron chi connectivity index (χ4n) is 9.04. The Kier molecular flexibility index (Phi) is 8.50. The lowest BCUT2D eigenvalue weighted by Crippen LogP contribution is -1.94. The van der Waals surface area contributed by atoms with E-state index in [-0.39, 0.29) is 0 Å². The minimum atomic E-state index is 0.629. The van der Waals surface area contributed by atoms with Crippen LogP contribution < -0.4 is 0 Å². The summed E-state index contributed by atoms with van der Waals surface area (Å²) in [5, 5.41) is 14.3. The molecule has 0 amide bonds. The monoisotopic (exact) mass is 766 g/mol. The minimum Gasteiger partial charge on any atom is -0.455 e. The molecule has 3 heteroatoms. The summed E-state index contributed by atoms with van der Waals surface area (Å²) in [5.74, 6) is 0. The molecule has 2 heterocycles. The summed E-state index contributed by atoms with van der Waals surface area (Å²) < 4.78 is 8.76. The molecule has 2 aromatic heterocycles. The smallest absolute Gasteiger partial charge is 0.143 e. The molecule has 0 spiro atoms. The van der Waals surface area contributed by atoms with Gasteiger partial charge in [-0.25, -0.2) is 0 Å². The van der Waals surface area contributed by atoms with Crippen molar-refractivity contribution in [3.8, 4) is 56.3 Å². The van der Waals surface area contributed by atoms with Crippen molar-refractivity contribution in [1.29, 1.82) is 5.26 Å². The molecule has 0 aliphatic carbocycles. The SMILES string of the molecule is Cc1ccc(-c2ccc(-c3ccc4c(c3)c3cc(-c5cccc6c5oc5ccccc56)ccc3n4-c3cccc(C#N)c3)cc2)cc1-c1ccccc1Cc1ccccc1. The van der Waals surface area contributed by atoms with Gasteiger partial charge in [0, 0.05) is 32.8 Å². The van der Waals surface area contributed by atoms with Crippen LogP contribution in [0.25, 0.3) is 93.9 Å². The zero-order valence-electron chi connectivity index (χ0n) is 33.1. The third-order valence-electron chi connectivity index (χ3n) is 12.0. The van der Waals surface area contributed by atoms with E-state index >= 15 is 0 Å². The van der Waals surface area contributed by atoms with Crippen LogP contribution >= 0.6 is 0 Å². The molecule has 3 nitrogen and oxygen atoms in total. The van der Waals surface area contributed by atoms with Gasteiger partial charge >= 0.3 is 0 Å². The molecule has 0 saturated heterocycles. The van der Waals surface area contributed by atoms with E-state index < -0.39 is 0 Å². The number of nitriles is 1. The van der Waals surface area contributed by atoms with Gasteiger partial charge in [0.25, 0.3) is 0 Å². The van der Waals surface area contributed by atoms with Gasteiger partial charge < -0.3 is 8.98 Å². The second kappa shape index (κ2) is 14.5. The van der Waals surface area contributed by atoms with E-state index in [0.29, 0.717) is 5.56 Å². The number of furan rings is 1. The number of aryl methyl sites for hydroxylation is 1. The van der Waals surface area contributed by atoms with Crippen LogP contribution in [0, 0.1) is 18.3 Å². The summed E-state index contributed by atoms with van der Waals surface area (Å²) in [6.07, 6.45) is 0.892. The molecule has 0 unspecified atom stereocenters. The molecule has 11 aromatic rings. The standard InChI is InChI=1S/C57H38N2O/c1-37-21-22-42(33-51(37)47-16-6-5-14-44(47)31-38-11-3-2-4-12-38)40-23-25-41(26-24-40)43-27-29-54-52(34-43)53-35-45(28-30-55(53)59(54)46-15-9-13-39(32-46)36-58)48-18-10-19-50-49-17-7-8-20-56(49)60-57(48)50/h2-30,32-35H,31H2,1H3. The Morgan fingerprint density at radius 3 is 1.88 bits per heavy atom. The predicted octanol–water partition coefficient (Wildman–Crippen LogP) is 15.1. The van der Waals surface area contributed by atoms with E-state index in [0.717, 1.165) is 78.1 Å². The van der Waals surface area contributed by atoms with Gasteiger partial charge in [-0.15, -0.1) is 0 Å². The predicted molar refractivity (Wildman–Crippen MR) is 249 cm³/mol. The van der Waals surface area contributed by atoms with E-state index in [1.807, 2.05) is 30.3 Å². The van der Waals surface area contributed by atoms with Crippen molar-refractivity contribution >= 4 is 43.7 Å². The van der Waals surface area contributed by atoms with Crippen molar-refractivity contribution in [2.24, 2.45) is 0 Å². The first-order valence-electron chi connectivity index (χ1n) is 20.4. The lowest BCUT2D eigenvalue weighted by Gasteiger charge is -2.14. The lowest BCUT2D eigenvalue weighted by atomic mass is 9.90. The normalized spacial score (nSPS) is 11.5. The topological polar surface area (TPSA) is 41.9 Å². The van der Waals surface area contributed by atoms with Crippen molar-refractivity contribution in [3.05, 3.63) is 222 Å². The number of aromatic nitrogens is 1. The second-order valence-corrected chi connectivity index (χ2v) is 15.7. The van der Waals surface area contributed by atoms with Crippen LogP contribution in [0.15, 0.2) is 205 Å². The summed E-state index contributed by atoms with van der Waals surface area (Å²) in [4.78, 5) is 0. The van der Waals surface area contributed by atoms with Gasteiger partial charge in [0.1, 0.15) is 11.2 Å². The van der Waals surface area contributed by atoms with Gasteiger partial charge in [-0.2, -0.15) is 5.26 Å². The van der Waals surface area contributed by atoms with Gasteiger partial charge in [0.15, 0.2) is 0 Å². The molecule has 0 atom stereocenters. The molecular formula is C57H38N2O. The van der Waals surface area contributed by atoms with Crippen LogP contribution in [-0.4, -0.2) is 4.57 Å². The Morgan fingerprint density at radius 2 is 1.08 bits per heavy atom. The summed E-state index contributed by atoms with van der Waals surface area (Å²) in [6, 6.07) is 73.5. The summed E-state index contributed by atoms with van der Waals surface area (Å²) >= 11 is 0. The Hall–Kier alpha value is -7.93. The Bertz CT molecular complexity index is 3470. The highest BCUT2D eigenvalue weighted by Crippen LogP contribution is 2.41. The fraction of sp³-hybridized carbons (Fsp3) is 0.0351. The van der Waals surface area contributed by atoms with Gasteiger partial charge in [-0.1, -0.05) is 146 Å². The van der Waals surface area contributed by atoms with Crippen LogP contribution in [0.1, 0.15) is 22.3 Å². The molecule has 9 aromatic carbocycles. The number of hydrogen-bond donors (Lipinski definition) is 0. The molecule has 0 radical (unpaired) electrons. The lowest BCUT2D eigenvalue weighted by molar-refractivity contribution is 0.670. The quantitative estimate of drug-likeness (QED) is 0.162. The molecule has 0 aliphatic rings. The molecule has 0 N–H and O–H groups in total. The number of hydrogen-bond acceptors (Lipinski definition) is 2. The maximum Gasteiger partial charge on any atom is 0.143 e. The van der Waals surface area contributed by atoms with E-state index in [9.17, 15) is 5.26 Å². The van der Waals surface area contributed by atoms with Crippen molar-refractivity contribution in [2.75, 3.05) is 0 Å². The maximum atomic E-state index is 9.81. The molecule has 0 fully saturated rings. The van der Waals surface area contributed by atoms with Gasteiger partial charge in [0.2, 0.25) is 0 Å². The summed E-state index contributed by atoms with van der Waals surface area (Å²) in [7, 11) is 0. The third kappa shape index (κ3) is 6.06. The van der Waals surface area contributed by atoms with Gasteiger partial charge in [0.05, 0.1) is 22.7 Å². The van der Waals surface area contributed by atoms with E-state index in [2.05, 4.69) is 187 Å². The average Bonchev–Trinajstić information content (AvgIpc) is 3.85. The van der Waals surface area contributed by atoms with Crippen molar-refractivity contribution in [2.45, 2.75) is 13.3 Å². The Morgan fingerprint density at radius 1 is 0.467 bits per heavy atom. The highest BCUT2D eigenvalue weighted by molar-refractivity contribution is 6.14. The van der Waals surface area contributed by atoms with E-state index in [4.69, 9.17) is 4.42 Å². The van der Waals surface area contributed by atoms with Gasteiger partial charge in [-0.05, 0) is 124 Å². The van der Waals surface area contributed by atoms with Crippen LogP contribution in [0.2, 0.25) is 0 Å². The number of fused-ring (bicyclic) bond motifs is 6.